The van der Waals surface area contributed by atoms with Gasteiger partial charge in [0.1, 0.15) is 0 Å². The smallest absolute Gasteiger partial charge is 0.222 e. The lowest BCUT2D eigenvalue weighted by Crippen LogP contribution is -2.49. The van der Waals surface area contributed by atoms with Crippen molar-refractivity contribution in [1.82, 2.24) is 9.80 Å². The Kier molecular flexibility index (Phi) is 6.24. The molecule has 1 fully saturated rings. The van der Waals surface area contributed by atoms with Crippen molar-refractivity contribution in [2.45, 2.75) is 33.1 Å². The topological polar surface area (TPSA) is 23.6 Å². The van der Waals surface area contributed by atoms with E-state index in [1.54, 1.807) is 0 Å². The van der Waals surface area contributed by atoms with Crippen molar-refractivity contribution in [2.24, 2.45) is 5.92 Å². The minimum Gasteiger partial charge on any atom is -0.340 e. The fourth-order valence-corrected chi connectivity index (χ4v) is 2.85. The molecule has 1 saturated heterocycles. The molecule has 0 saturated carbocycles. The Morgan fingerprint density at radius 1 is 1.10 bits per heavy atom. The van der Waals surface area contributed by atoms with Gasteiger partial charge in [-0.15, -0.1) is 0 Å². The highest BCUT2D eigenvalue weighted by atomic mass is 16.2. The van der Waals surface area contributed by atoms with Crippen LogP contribution in [0.2, 0.25) is 0 Å². The third-order valence-electron chi connectivity index (χ3n) is 4.09. The van der Waals surface area contributed by atoms with E-state index >= 15 is 0 Å². The highest BCUT2D eigenvalue weighted by molar-refractivity contribution is 5.76. The Balaban J connectivity index is 1.64. The van der Waals surface area contributed by atoms with Crippen LogP contribution in [-0.4, -0.2) is 48.4 Å². The molecule has 1 aromatic carbocycles. The zero-order chi connectivity index (χ0) is 15.1. The normalized spacial score (nSPS) is 16.4. The molecule has 1 heterocycles. The number of hydrogen-bond donors (Lipinski definition) is 0. The summed E-state index contributed by atoms with van der Waals surface area (Å²) in [6.07, 6.45) is 3.03. The Hall–Kier alpha value is -1.35. The first kappa shape index (κ1) is 16.0. The van der Waals surface area contributed by atoms with Crippen LogP contribution >= 0.6 is 0 Å². The van der Waals surface area contributed by atoms with Crippen molar-refractivity contribution in [3.8, 4) is 0 Å². The molecule has 0 aliphatic carbocycles. The second-order valence-electron chi connectivity index (χ2n) is 6.41. The molecule has 3 heteroatoms. The standard InChI is InChI=1S/C18H28N2O/c1-16(2)15-18(21)20-13-11-19(12-14-20)10-6-9-17-7-4-3-5-8-17/h3-5,7-8,16H,6,9-15H2,1-2H3. The van der Waals surface area contributed by atoms with Crippen LogP contribution in [-0.2, 0) is 11.2 Å². The number of benzene rings is 1. The molecule has 0 N–H and O–H groups in total. The first-order chi connectivity index (χ1) is 10.1. The number of aryl methyl sites for hydroxylation is 1. The van der Waals surface area contributed by atoms with Crippen LogP contribution in [0.25, 0.3) is 0 Å². The van der Waals surface area contributed by atoms with Gasteiger partial charge < -0.3 is 4.90 Å². The number of carbonyl (C=O) groups is 1. The zero-order valence-electron chi connectivity index (χ0n) is 13.4. The summed E-state index contributed by atoms with van der Waals surface area (Å²) in [5, 5.41) is 0. The summed E-state index contributed by atoms with van der Waals surface area (Å²) in [7, 11) is 0. The Labute approximate surface area is 128 Å². The molecule has 21 heavy (non-hydrogen) atoms. The van der Waals surface area contributed by atoms with Gasteiger partial charge >= 0.3 is 0 Å². The molecule has 3 nitrogen and oxygen atoms in total. The highest BCUT2D eigenvalue weighted by Crippen LogP contribution is 2.09. The Morgan fingerprint density at radius 2 is 1.76 bits per heavy atom. The maximum atomic E-state index is 12.0. The maximum absolute atomic E-state index is 12.0. The number of hydrogen-bond acceptors (Lipinski definition) is 2. The van der Waals surface area contributed by atoms with Gasteiger partial charge in [0.25, 0.3) is 0 Å². The van der Waals surface area contributed by atoms with Gasteiger partial charge in [-0.1, -0.05) is 44.2 Å². The average molecular weight is 288 g/mol. The Bertz CT molecular complexity index is 422. The van der Waals surface area contributed by atoms with Crippen LogP contribution in [0.15, 0.2) is 30.3 Å². The molecular formula is C18H28N2O. The predicted octanol–water partition coefficient (Wildman–Crippen LogP) is 2.81. The van der Waals surface area contributed by atoms with Crippen molar-refractivity contribution in [3.05, 3.63) is 35.9 Å². The monoisotopic (exact) mass is 288 g/mol. The number of amides is 1. The molecule has 116 valence electrons. The predicted molar refractivity (Wildman–Crippen MR) is 87.2 cm³/mol. The third-order valence-corrected chi connectivity index (χ3v) is 4.09. The third kappa shape index (κ3) is 5.50. The van der Waals surface area contributed by atoms with Crippen molar-refractivity contribution >= 4 is 5.91 Å². The number of piperazine rings is 1. The first-order valence-corrected chi connectivity index (χ1v) is 8.19. The van der Waals surface area contributed by atoms with E-state index in [0.29, 0.717) is 18.2 Å². The fourth-order valence-electron chi connectivity index (χ4n) is 2.85. The van der Waals surface area contributed by atoms with Gasteiger partial charge in [-0.3, -0.25) is 9.69 Å². The van der Waals surface area contributed by atoms with Crippen LogP contribution < -0.4 is 0 Å². The summed E-state index contributed by atoms with van der Waals surface area (Å²) in [6, 6.07) is 10.7. The van der Waals surface area contributed by atoms with E-state index in [0.717, 1.165) is 39.1 Å². The lowest BCUT2D eigenvalue weighted by Gasteiger charge is -2.35. The molecule has 1 aromatic rings. The Morgan fingerprint density at radius 3 is 2.38 bits per heavy atom. The second-order valence-corrected chi connectivity index (χ2v) is 6.41. The molecule has 2 rings (SSSR count). The van der Waals surface area contributed by atoms with E-state index in [-0.39, 0.29) is 0 Å². The van der Waals surface area contributed by atoms with Crippen LogP contribution in [0.1, 0.15) is 32.3 Å². The molecule has 1 aliphatic rings. The van der Waals surface area contributed by atoms with E-state index in [2.05, 4.69) is 49.1 Å². The van der Waals surface area contributed by atoms with Gasteiger partial charge in [0, 0.05) is 32.6 Å². The molecule has 0 atom stereocenters. The van der Waals surface area contributed by atoms with E-state index in [1.807, 2.05) is 4.90 Å². The van der Waals surface area contributed by atoms with Crippen LogP contribution in [0, 0.1) is 5.92 Å². The van der Waals surface area contributed by atoms with Gasteiger partial charge in [-0.25, -0.2) is 0 Å². The summed E-state index contributed by atoms with van der Waals surface area (Å²) in [5.74, 6) is 0.787. The lowest BCUT2D eigenvalue weighted by atomic mass is 10.1. The SMILES string of the molecule is CC(C)CC(=O)N1CCN(CCCc2ccccc2)CC1. The minimum atomic E-state index is 0.328. The summed E-state index contributed by atoms with van der Waals surface area (Å²) >= 11 is 0. The van der Waals surface area contributed by atoms with Crippen molar-refractivity contribution in [3.63, 3.8) is 0 Å². The summed E-state index contributed by atoms with van der Waals surface area (Å²) < 4.78 is 0. The summed E-state index contributed by atoms with van der Waals surface area (Å²) in [4.78, 5) is 16.5. The molecule has 0 aromatic heterocycles. The van der Waals surface area contributed by atoms with Crippen molar-refractivity contribution in [1.29, 1.82) is 0 Å². The highest BCUT2D eigenvalue weighted by Gasteiger charge is 2.20. The number of carbonyl (C=O) groups excluding carboxylic acids is 1. The quantitative estimate of drug-likeness (QED) is 0.803. The first-order valence-electron chi connectivity index (χ1n) is 8.19. The van der Waals surface area contributed by atoms with Gasteiger partial charge in [0.15, 0.2) is 0 Å². The van der Waals surface area contributed by atoms with Crippen molar-refractivity contribution < 1.29 is 4.79 Å². The number of rotatable bonds is 6. The van der Waals surface area contributed by atoms with E-state index < -0.39 is 0 Å². The van der Waals surface area contributed by atoms with Gasteiger partial charge in [0.05, 0.1) is 0 Å². The van der Waals surface area contributed by atoms with E-state index in [4.69, 9.17) is 0 Å². The molecule has 0 radical (unpaired) electrons. The van der Waals surface area contributed by atoms with E-state index in [9.17, 15) is 4.79 Å². The fraction of sp³-hybridized carbons (Fsp3) is 0.611. The van der Waals surface area contributed by atoms with E-state index in [1.165, 1.54) is 12.0 Å². The van der Waals surface area contributed by atoms with Gasteiger partial charge in [-0.2, -0.15) is 0 Å². The molecule has 0 spiro atoms. The second kappa shape index (κ2) is 8.18. The average Bonchev–Trinajstić information content (AvgIpc) is 2.48. The zero-order valence-corrected chi connectivity index (χ0v) is 13.4. The van der Waals surface area contributed by atoms with Crippen molar-refractivity contribution in [2.75, 3.05) is 32.7 Å². The molecular weight excluding hydrogens is 260 g/mol. The van der Waals surface area contributed by atoms with Crippen LogP contribution in [0.3, 0.4) is 0 Å². The molecule has 1 aliphatic heterocycles. The maximum Gasteiger partial charge on any atom is 0.222 e. The van der Waals surface area contributed by atoms with Gasteiger partial charge in [0.2, 0.25) is 5.91 Å². The van der Waals surface area contributed by atoms with Crippen LogP contribution in [0.5, 0.6) is 0 Å². The molecule has 1 amide bonds. The molecule has 0 bridgehead atoms. The van der Waals surface area contributed by atoms with Crippen LogP contribution in [0.4, 0.5) is 0 Å². The molecule has 0 unspecified atom stereocenters. The summed E-state index contributed by atoms with van der Waals surface area (Å²) in [5.41, 5.74) is 1.42. The summed E-state index contributed by atoms with van der Waals surface area (Å²) in [6.45, 7) is 9.21. The van der Waals surface area contributed by atoms with Gasteiger partial charge in [-0.05, 0) is 30.9 Å². The largest absolute Gasteiger partial charge is 0.340 e. The minimum absolute atomic E-state index is 0.328. The lowest BCUT2D eigenvalue weighted by molar-refractivity contribution is -0.133. The number of nitrogens with zero attached hydrogens (tertiary/aromatic N) is 2.